The molecule has 2 aliphatic rings. The molecule has 1 saturated carbocycles. The summed E-state index contributed by atoms with van der Waals surface area (Å²) >= 11 is 0. The van der Waals surface area contributed by atoms with Crippen LogP contribution in [-0.2, 0) is 4.79 Å². The number of aromatic amines is 1. The monoisotopic (exact) mass is 464 g/mol. The number of benzene rings is 1. The largest absolute Gasteiger partial charge is 0.478 e. The molecule has 0 spiro atoms. The zero-order valence-corrected chi connectivity index (χ0v) is 18.4. The fourth-order valence-corrected chi connectivity index (χ4v) is 4.17. The molecule has 3 aromatic rings. The van der Waals surface area contributed by atoms with Gasteiger partial charge >= 0.3 is 0 Å². The molecule has 2 aliphatic carbocycles. The van der Waals surface area contributed by atoms with Crippen LogP contribution in [0.4, 0.5) is 14.5 Å². The van der Waals surface area contributed by atoms with Gasteiger partial charge in [-0.2, -0.15) is 5.21 Å². The van der Waals surface area contributed by atoms with Gasteiger partial charge in [-0.05, 0) is 54.8 Å². The Kier molecular flexibility index (Phi) is 5.64. The van der Waals surface area contributed by atoms with E-state index in [1.54, 1.807) is 24.4 Å². The van der Waals surface area contributed by atoms with Gasteiger partial charge in [0.1, 0.15) is 11.7 Å². The Balaban J connectivity index is 1.46. The minimum Gasteiger partial charge on any atom is -0.478 e. The van der Waals surface area contributed by atoms with E-state index in [2.05, 4.69) is 30.9 Å². The normalized spacial score (nSPS) is 16.7. The summed E-state index contributed by atoms with van der Waals surface area (Å²) in [5, 5.41) is 17.1. The number of nitrogens with one attached hydrogen (secondary N) is 2. The molecule has 0 aliphatic heterocycles. The maximum atomic E-state index is 14.5. The van der Waals surface area contributed by atoms with E-state index in [1.807, 2.05) is 19.1 Å². The topological polar surface area (TPSA) is 106 Å². The highest BCUT2D eigenvalue weighted by atomic mass is 19.1. The quantitative estimate of drug-likeness (QED) is 0.514. The van der Waals surface area contributed by atoms with Crippen LogP contribution in [0.25, 0.3) is 22.5 Å². The highest BCUT2D eigenvalue weighted by molar-refractivity contribution is 6.01. The number of hydrogen-bond acceptors (Lipinski definition) is 6. The van der Waals surface area contributed by atoms with Crippen LogP contribution in [0, 0.1) is 5.41 Å². The van der Waals surface area contributed by atoms with Crippen molar-refractivity contribution in [1.29, 1.82) is 0 Å². The Morgan fingerprint density at radius 3 is 2.71 bits per heavy atom. The van der Waals surface area contributed by atoms with Gasteiger partial charge in [-0.1, -0.05) is 6.07 Å². The summed E-state index contributed by atoms with van der Waals surface area (Å²) in [7, 11) is 0. The van der Waals surface area contributed by atoms with Crippen LogP contribution in [0.5, 0.6) is 5.88 Å². The van der Waals surface area contributed by atoms with Crippen LogP contribution in [0.2, 0.25) is 0 Å². The van der Waals surface area contributed by atoms with Gasteiger partial charge in [0.25, 0.3) is 0 Å². The Hall–Kier alpha value is -3.95. The summed E-state index contributed by atoms with van der Waals surface area (Å²) in [6.07, 6.45) is 3.82. The fourth-order valence-electron chi connectivity index (χ4n) is 4.17. The number of rotatable bonds is 7. The number of aromatic nitrogens is 5. The predicted octanol–water partition coefficient (Wildman–Crippen LogP) is 4.92. The molecule has 1 aromatic carbocycles. The van der Waals surface area contributed by atoms with E-state index in [9.17, 15) is 13.6 Å². The molecule has 0 radical (unpaired) electrons. The molecular formula is C24H22F2N6O2. The molecule has 2 aromatic heterocycles. The maximum absolute atomic E-state index is 14.5. The number of pyridine rings is 1. The van der Waals surface area contributed by atoms with E-state index >= 15 is 0 Å². The van der Waals surface area contributed by atoms with Crippen molar-refractivity contribution >= 4 is 11.6 Å². The van der Waals surface area contributed by atoms with E-state index < -0.39 is 17.1 Å². The molecule has 1 fully saturated rings. The summed E-state index contributed by atoms with van der Waals surface area (Å²) in [5.74, 6) is -0.325. The SMILES string of the molecule is CCOc1ccc(-c2ccc(NC(=O)C3(C4=C(F)CCC(F)=C4)CC3)cc2-c2nn[nH]n2)cn1. The van der Waals surface area contributed by atoms with Crippen LogP contribution < -0.4 is 10.1 Å². The number of hydrogen-bond donors (Lipinski definition) is 2. The van der Waals surface area contributed by atoms with Gasteiger partial charge in [0.2, 0.25) is 17.6 Å². The molecule has 174 valence electrons. The Bertz CT molecular complexity index is 1280. The summed E-state index contributed by atoms with van der Waals surface area (Å²) in [4.78, 5) is 17.5. The van der Waals surface area contributed by atoms with Crippen LogP contribution in [0.3, 0.4) is 0 Å². The van der Waals surface area contributed by atoms with Gasteiger partial charge < -0.3 is 10.1 Å². The molecule has 2 N–H and O–H groups in total. The predicted molar refractivity (Wildman–Crippen MR) is 121 cm³/mol. The third kappa shape index (κ3) is 4.07. The molecule has 8 nitrogen and oxygen atoms in total. The standard InChI is InChI=1S/C24H22F2N6O2/c1-2-34-21-8-3-14(13-27-21)17-6-5-16(12-18(17)22-29-31-32-30-22)28-23(33)24(9-10-24)19-11-15(25)4-7-20(19)26/h3,5-6,8,11-13H,2,4,7,9-10H2,1H3,(H,28,33)(H,29,30,31,32). The lowest BCUT2D eigenvalue weighted by Crippen LogP contribution is -2.27. The van der Waals surface area contributed by atoms with Crippen LogP contribution in [0.1, 0.15) is 32.6 Å². The Morgan fingerprint density at radius 1 is 1.18 bits per heavy atom. The van der Waals surface area contributed by atoms with Gasteiger partial charge in [-0.25, -0.2) is 13.8 Å². The Labute approximate surface area is 194 Å². The second-order valence-corrected chi connectivity index (χ2v) is 8.26. The summed E-state index contributed by atoms with van der Waals surface area (Å²) in [5.41, 5.74) is 1.81. The molecule has 2 heterocycles. The summed E-state index contributed by atoms with van der Waals surface area (Å²) in [6, 6.07) is 8.92. The van der Waals surface area contributed by atoms with Crippen molar-refractivity contribution in [3.63, 3.8) is 0 Å². The number of ether oxygens (including phenoxy) is 1. The lowest BCUT2D eigenvalue weighted by molar-refractivity contribution is -0.119. The molecule has 10 heteroatoms. The van der Waals surface area contributed by atoms with Crippen LogP contribution in [-0.4, -0.2) is 38.1 Å². The summed E-state index contributed by atoms with van der Waals surface area (Å²) < 4.78 is 33.7. The number of anilines is 1. The minimum atomic E-state index is -1.04. The number of H-pyrrole nitrogens is 1. The summed E-state index contributed by atoms with van der Waals surface area (Å²) in [6.45, 7) is 2.40. The van der Waals surface area contributed by atoms with Crippen LogP contribution in [0.15, 0.2) is 59.8 Å². The van der Waals surface area contributed by atoms with Crippen molar-refractivity contribution in [2.45, 2.75) is 32.6 Å². The first-order chi connectivity index (χ1) is 16.5. The lowest BCUT2D eigenvalue weighted by atomic mass is 9.89. The molecule has 0 atom stereocenters. The molecule has 5 rings (SSSR count). The smallest absolute Gasteiger partial charge is 0.235 e. The number of carbonyl (C=O) groups is 1. The van der Waals surface area contributed by atoms with E-state index in [4.69, 9.17) is 4.74 Å². The van der Waals surface area contributed by atoms with Crippen molar-refractivity contribution in [2.24, 2.45) is 5.41 Å². The van der Waals surface area contributed by atoms with Gasteiger partial charge in [0.15, 0.2) is 0 Å². The second kappa shape index (κ2) is 8.77. The third-order valence-electron chi connectivity index (χ3n) is 6.08. The van der Waals surface area contributed by atoms with Crippen molar-refractivity contribution in [3.05, 3.63) is 59.8 Å². The van der Waals surface area contributed by atoms with E-state index in [1.165, 1.54) is 6.08 Å². The first kappa shape index (κ1) is 21.9. The van der Waals surface area contributed by atoms with Crippen molar-refractivity contribution in [1.82, 2.24) is 25.6 Å². The Morgan fingerprint density at radius 2 is 2.03 bits per heavy atom. The zero-order valence-electron chi connectivity index (χ0n) is 18.4. The second-order valence-electron chi connectivity index (χ2n) is 8.26. The average Bonchev–Trinajstić information content (AvgIpc) is 3.47. The number of allylic oxidation sites excluding steroid dienone is 3. The molecule has 1 amide bonds. The van der Waals surface area contributed by atoms with E-state index in [0.717, 1.165) is 11.1 Å². The first-order valence-corrected chi connectivity index (χ1v) is 11.0. The van der Waals surface area contributed by atoms with E-state index in [-0.39, 0.29) is 24.3 Å². The van der Waals surface area contributed by atoms with Crippen LogP contribution >= 0.6 is 0 Å². The van der Waals surface area contributed by atoms with Gasteiger partial charge in [-0.3, -0.25) is 4.79 Å². The average molecular weight is 464 g/mol. The number of tetrazole rings is 1. The van der Waals surface area contributed by atoms with Gasteiger partial charge in [0.05, 0.1) is 12.0 Å². The molecule has 0 saturated heterocycles. The number of carbonyl (C=O) groups excluding carboxylic acids is 1. The van der Waals surface area contributed by atoms with Gasteiger partial charge in [-0.15, -0.1) is 10.2 Å². The maximum Gasteiger partial charge on any atom is 0.235 e. The third-order valence-corrected chi connectivity index (χ3v) is 6.08. The molecule has 0 bridgehead atoms. The van der Waals surface area contributed by atoms with Crippen molar-refractivity contribution in [3.8, 4) is 28.4 Å². The number of amides is 1. The zero-order chi connectivity index (χ0) is 23.7. The fraction of sp³-hybridized carbons (Fsp3) is 0.292. The molecular weight excluding hydrogens is 442 g/mol. The minimum absolute atomic E-state index is 0.0144. The number of nitrogens with zero attached hydrogens (tertiary/aromatic N) is 4. The highest BCUT2D eigenvalue weighted by Gasteiger charge is 2.54. The lowest BCUT2D eigenvalue weighted by Gasteiger charge is -2.21. The number of halogens is 2. The first-order valence-electron chi connectivity index (χ1n) is 11.0. The van der Waals surface area contributed by atoms with E-state index in [0.29, 0.717) is 42.4 Å². The highest BCUT2D eigenvalue weighted by Crippen LogP contribution is 2.56. The van der Waals surface area contributed by atoms with Crippen molar-refractivity contribution < 1.29 is 18.3 Å². The van der Waals surface area contributed by atoms with Crippen molar-refractivity contribution in [2.75, 3.05) is 11.9 Å². The molecule has 0 unspecified atom stereocenters. The molecule has 34 heavy (non-hydrogen) atoms. The van der Waals surface area contributed by atoms with Gasteiger partial charge in [0, 0.05) is 47.5 Å².